The fraction of sp³-hybridized carbons (Fsp3) is 0.269. The van der Waals surface area contributed by atoms with E-state index in [4.69, 9.17) is 21.4 Å². The Morgan fingerprint density at radius 2 is 1.85 bits per heavy atom. The number of ether oxygens (including phenoxy) is 1. The van der Waals surface area contributed by atoms with E-state index >= 15 is 0 Å². The van der Waals surface area contributed by atoms with Gasteiger partial charge < -0.3 is 20.3 Å². The molecule has 10 nitrogen and oxygen atoms in total. The van der Waals surface area contributed by atoms with Crippen molar-refractivity contribution in [1.82, 2.24) is 4.31 Å². The third kappa shape index (κ3) is 6.95. The van der Waals surface area contributed by atoms with Crippen LogP contribution in [0.1, 0.15) is 28.1 Å². The summed E-state index contributed by atoms with van der Waals surface area (Å²) in [5.41, 5.74) is 1.58. The fourth-order valence-corrected chi connectivity index (χ4v) is 7.27. The van der Waals surface area contributed by atoms with E-state index in [1.54, 1.807) is 48.5 Å². The van der Waals surface area contributed by atoms with Gasteiger partial charge in [0.2, 0.25) is 15.9 Å². The lowest BCUT2D eigenvalue weighted by Crippen LogP contribution is -2.44. The SMILES string of the molecule is O=C(O)COc1c(C(=O)O)sc(-c2cccc(NC(=O)C3CCCN(S(=O)(=O)Cc4ccccc4)C3)c2)c1Cl. The van der Waals surface area contributed by atoms with Crippen molar-refractivity contribution < 1.29 is 37.8 Å². The smallest absolute Gasteiger partial charge is 0.349 e. The van der Waals surface area contributed by atoms with Gasteiger partial charge in [0.1, 0.15) is 5.02 Å². The Morgan fingerprint density at radius 3 is 2.54 bits per heavy atom. The highest BCUT2D eigenvalue weighted by Crippen LogP contribution is 2.46. The van der Waals surface area contributed by atoms with Gasteiger partial charge in [-0.2, -0.15) is 0 Å². The molecule has 0 spiro atoms. The number of carboxylic acids is 2. The Bertz CT molecular complexity index is 1490. The van der Waals surface area contributed by atoms with Crippen LogP contribution in [0.25, 0.3) is 10.4 Å². The van der Waals surface area contributed by atoms with Crippen LogP contribution < -0.4 is 10.1 Å². The first-order chi connectivity index (χ1) is 18.5. The first-order valence-electron chi connectivity index (χ1n) is 11.9. The molecule has 0 radical (unpaired) electrons. The third-order valence-electron chi connectivity index (χ3n) is 6.08. The lowest BCUT2D eigenvalue weighted by atomic mass is 9.98. The van der Waals surface area contributed by atoms with E-state index in [0.29, 0.717) is 41.1 Å². The minimum absolute atomic E-state index is 0.0475. The van der Waals surface area contributed by atoms with Gasteiger partial charge in [0.15, 0.2) is 17.2 Å². The summed E-state index contributed by atoms with van der Waals surface area (Å²) in [5, 5.41) is 21.2. The van der Waals surface area contributed by atoms with E-state index in [2.05, 4.69) is 5.32 Å². The van der Waals surface area contributed by atoms with Crippen LogP contribution in [0.2, 0.25) is 5.02 Å². The molecule has 1 aliphatic heterocycles. The predicted molar refractivity (Wildman–Crippen MR) is 147 cm³/mol. The van der Waals surface area contributed by atoms with Crippen molar-refractivity contribution in [2.75, 3.05) is 25.0 Å². The van der Waals surface area contributed by atoms with Gasteiger partial charge in [-0.05, 0) is 36.1 Å². The van der Waals surface area contributed by atoms with E-state index in [9.17, 15) is 27.9 Å². The summed E-state index contributed by atoms with van der Waals surface area (Å²) in [6.45, 7) is -0.334. The lowest BCUT2D eigenvalue weighted by Gasteiger charge is -2.31. The molecule has 13 heteroatoms. The molecule has 4 rings (SSSR count). The van der Waals surface area contributed by atoms with Crippen molar-refractivity contribution in [3.05, 3.63) is 70.1 Å². The summed E-state index contributed by atoms with van der Waals surface area (Å²) in [6.07, 6.45) is 1.08. The van der Waals surface area contributed by atoms with E-state index < -0.39 is 34.5 Å². The number of halogens is 1. The number of aromatic carboxylic acids is 1. The van der Waals surface area contributed by atoms with Crippen molar-refractivity contribution in [3.63, 3.8) is 0 Å². The zero-order chi connectivity index (χ0) is 28.2. The van der Waals surface area contributed by atoms with Crippen molar-refractivity contribution in [2.24, 2.45) is 5.92 Å². The molecule has 1 aromatic heterocycles. The number of carbonyl (C=O) groups excluding carboxylic acids is 1. The van der Waals surface area contributed by atoms with Gasteiger partial charge in [0.05, 0.1) is 16.5 Å². The molecule has 2 aromatic carbocycles. The normalized spacial score (nSPS) is 16.0. The van der Waals surface area contributed by atoms with Crippen LogP contribution in [0.3, 0.4) is 0 Å². The Hall–Kier alpha value is -3.45. The Kier molecular flexibility index (Phi) is 8.90. The fourth-order valence-electron chi connectivity index (χ4n) is 4.25. The van der Waals surface area contributed by atoms with Gasteiger partial charge >= 0.3 is 11.9 Å². The Morgan fingerprint density at radius 1 is 1.10 bits per heavy atom. The first-order valence-corrected chi connectivity index (χ1v) is 14.7. The zero-order valence-electron chi connectivity index (χ0n) is 20.5. The van der Waals surface area contributed by atoms with Crippen LogP contribution in [0.4, 0.5) is 5.69 Å². The summed E-state index contributed by atoms with van der Waals surface area (Å²) in [4.78, 5) is 35.7. The number of sulfonamides is 1. The molecule has 3 N–H and O–H groups in total. The second-order valence-corrected chi connectivity index (χ2v) is 12.3. The second kappa shape index (κ2) is 12.2. The van der Waals surface area contributed by atoms with Crippen LogP contribution in [0.5, 0.6) is 5.75 Å². The quantitative estimate of drug-likeness (QED) is 0.313. The van der Waals surface area contributed by atoms with Crippen LogP contribution in [0, 0.1) is 5.92 Å². The van der Waals surface area contributed by atoms with Crippen molar-refractivity contribution in [3.8, 4) is 16.2 Å². The number of benzene rings is 2. The minimum atomic E-state index is -3.60. The second-order valence-electron chi connectivity index (χ2n) is 8.90. The number of piperidine rings is 1. The molecular formula is C26H25ClN2O8S2. The molecule has 1 atom stereocenters. The number of rotatable bonds is 10. The summed E-state index contributed by atoms with van der Waals surface area (Å²) in [7, 11) is -3.60. The van der Waals surface area contributed by atoms with E-state index in [1.165, 1.54) is 4.31 Å². The maximum atomic E-state index is 13.1. The maximum Gasteiger partial charge on any atom is 0.349 e. The number of thiophene rings is 1. The standard InChI is InChI=1S/C26H25ClN2O8S2/c27-21-22(37-14-20(30)31)24(26(33)34)38-23(21)17-8-4-10-19(12-17)28-25(32)18-9-5-11-29(13-18)39(35,36)15-16-6-2-1-3-7-16/h1-4,6-8,10,12,18H,5,9,11,13-15H2,(H,28,32)(H,30,31)(H,33,34). The number of carboxylic acid groups (broad SMARTS) is 2. The molecule has 0 bridgehead atoms. The van der Waals surface area contributed by atoms with Crippen molar-refractivity contribution >= 4 is 56.5 Å². The molecule has 39 heavy (non-hydrogen) atoms. The van der Waals surface area contributed by atoms with Crippen LogP contribution in [0.15, 0.2) is 54.6 Å². The van der Waals surface area contributed by atoms with Gasteiger partial charge in [0.25, 0.3) is 0 Å². The largest absolute Gasteiger partial charge is 0.479 e. The number of aliphatic carboxylic acids is 1. The number of carbonyl (C=O) groups is 3. The summed E-state index contributed by atoms with van der Waals surface area (Å²) in [5.74, 6) is -3.85. The number of hydrogen-bond acceptors (Lipinski definition) is 7. The molecule has 2 heterocycles. The van der Waals surface area contributed by atoms with E-state index in [1.807, 2.05) is 6.07 Å². The van der Waals surface area contributed by atoms with E-state index in [-0.39, 0.29) is 33.9 Å². The molecule has 206 valence electrons. The van der Waals surface area contributed by atoms with Crippen LogP contribution in [-0.4, -0.2) is 60.5 Å². The van der Waals surface area contributed by atoms with Crippen LogP contribution >= 0.6 is 22.9 Å². The molecule has 1 aliphatic rings. The Labute approximate surface area is 233 Å². The zero-order valence-corrected chi connectivity index (χ0v) is 22.9. The highest BCUT2D eigenvalue weighted by atomic mass is 35.5. The molecular weight excluding hydrogens is 568 g/mol. The van der Waals surface area contributed by atoms with Crippen molar-refractivity contribution in [2.45, 2.75) is 18.6 Å². The molecule has 3 aromatic rings. The third-order valence-corrected chi connectivity index (χ3v) is 9.57. The van der Waals surface area contributed by atoms with Gasteiger partial charge in [0, 0.05) is 18.8 Å². The first kappa shape index (κ1) is 28.6. The summed E-state index contributed by atoms with van der Waals surface area (Å²) < 4.78 is 32.4. The van der Waals surface area contributed by atoms with Crippen molar-refractivity contribution in [1.29, 1.82) is 0 Å². The average Bonchev–Trinajstić information content (AvgIpc) is 3.24. The summed E-state index contributed by atoms with van der Waals surface area (Å²) in [6, 6.07) is 15.4. The molecule has 0 saturated carbocycles. The summed E-state index contributed by atoms with van der Waals surface area (Å²) >= 11 is 7.19. The topological polar surface area (TPSA) is 150 Å². The van der Waals surface area contributed by atoms with Gasteiger partial charge in [-0.15, -0.1) is 11.3 Å². The lowest BCUT2D eigenvalue weighted by molar-refractivity contribution is -0.139. The highest BCUT2D eigenvalue weighted by molar-refractivity contribution is 7.88. The van der Waals surface area contributed by atoms with Gasteiger partial charge in [-0.3, -0.25) is 4.79 Å². The molecule has 0 aliphatic carbocycles. The predicted octanol–water partition coefficient (Wildman–Crippen LogP) is 4.41. The van der Waals surface area contributed by atoms with E-state index in [0.717, 1.165) is 11.3 Å². The van der Waals surface area contributed by atoms with Gasteiger partial charge in [-0.1, -0.05) is 54.1 Å². The van der Waals surface area contributed by atoms with Crippen LogP contribution in [-0.2, 0) is 25.4 Å². The number of nitrogens with zero attached hydrogens (tertiary/aromatic N) is 1. The molecule has 1 unspecified atom stereocenters. The number of nitrogens with one attached hydrogen (secondary N) is 1. The Balaban J connectivity index is 1.48. The highest BCUT2D eigenvalue weighted by Gasteiger charge is 2.32. The number of hydrogen-bond donors (Lipinski definition) is 3. The molecule has 1 amide bonds. The van der Waals surface area contributed by atoms with Gasteiger partial charge in [-0.25, -0.2) is 22.3 Å². The minimum Gasteiger partial charge on any atom is -0.479 e. The average molecular weight is 593 g/mol. The molecule has 1 saturated heterocycles. The number of anilines is 1. The molecule has 1 fully saturated rings. The maximum absolute atomic E-state index is 13.1. The monoisotopic (exact) mass is 592 g/mol. The number of amides is 1.